The summed E-state index contributed by atoms with van der Waals surface area (Å²) >= 11 is 3.07. The summed E-state index contributed by atoms with van der Waals surface area (Å²) < 4.78 is 4.41. The number of amides is 1. The number of alkyl halides is 1. The van der Waals surface area contributed by atoms with Gasteiger partial charge in [-0.2, -0.15) is 0 Å². The molecule has 0 aromatic carbocycles. The number of methoxy groups -OCH3 is 1. The van der Waals surface area contributed by atoms with Crippen LogP contribution in [0.15, 0.2) is 0 Å². The third kappa shape index (κ3) is 4.26. The number of hydrogen-bond acceptors (Lipinski definition) is 3. The minimum absolute atomic E-state index is 0.0592. The van der Waals surface area contributed by atoms with Gasteiger partial charge < -0.3 is 10.1 Å². The second-order valence-corrected chi connectivity index (χ2v) is 3.37. The van der Waals surface area contributed by atoms with Gasteiger partial charge in [0.25, 0.3) is 0 Å². The van der Waals surface area contributed by atoms with E-state index in [4.69, 9.17) is 0 Å². The molecule has 2 atom stereocenters. The third-order valence-corrected chi connectivity index (χ3v) is 2.47. The number of halogens is 1. The average molecular weight is 252 g/mol. The summed E-state index contributed by atoms with van der Waals surface area (Å²) in [6.45, 7) is 3.53. The van der Waals surface area contributed by atoms with Gasteiger partial charge in [0.1, 0.15) is 5.78 Å². The summed E-state index contributed by atoms with van der Waals surface area (Å²) in [4.78, 5) is 22.0. The molecule has 0 bridgehead atoms. The first kappa shape index (κ1) is 12.4. The number of alkyl carbamates (subject to hydrolysis) is 1. The van der Waals surface area contributed by atoms with Gasteiger partial charge >= 0.3 is 6.09 Å². The molecular weight excluding hydrogens is 238 g/mol. The zero-order valence-electron chi connectivity index (χ0n) is 7.96. The van der Waals surface area contributed by atoms with Crippen LogP contribution in [0.25, 0.3) is 0 Å². The maximum atomic E-state index is 11.2. The lowest BCUT2D eigenvalue weighted by atomic mass is 10.00. The second-order valence-electron chi connectivity index (χ2n) is 2.81. The van der Waals surface area contributed by atoms with Gasteiger partial charge in [0.05, 0.1) is 12.4 Å². The number of carbonyl (C=O) groups excluding carboxylic acids is 2. The summed E-state index contributed by atoms with van der Waals surface area (Å²) in [7, 11) is 1.29. The lowest BCUT2D eigenvalue weighted by Crippen LogP contribution is -2.40. The fraction of sp³-hybridized carbons (Fsp3) is 0.750. The Hall–Kier alpha value is -0.580. The van der Waals surface area contributed by atoms with Crippen LogP contribution in [0.3, 0.4) is 0 Å². The highest BCUT2D eigenvalue weighted by Crippen LogP contribution is 2.05. The van der Waals surface area contributed by atoms with E-state index in [1.807, 2.05) is 0 Å². The predicted octanol–water partition coefficient (Wildman–Crippen LogP) is 1.33. The Morgan fingerprint density at radius 1 is 1.46 bits per heavy atom. The smallest absolute Gasteiger partial charge is 0.407 e. The Morgan fingerprint density at radius 3 is 2.38 bits per heavy atom. The summed E-state index contributed by atoms with van der Waals surface area (Å²) in [6, 6.07) is -0.211. The predicted molar refractivity (Wildman–Crippen MR) is 53.0 cm³/mol. The topological polar surface area (TPSA) is 55.4 Å². The molecule has 0 fully saturated rings. The summed E-state index contributed by atoms with van der Waals surface area (Å²) in [5.74, 6) is -0.151. The van der Waals surface area contributed by atoms with Crippen LogP contribution in [0.5, 0.6) is 0 Å². The van der Waals surface area contributed by atoms with E-state index in [1.165, 1.54) is 7.11 Å². The molecule has 0 radical (unpaired) electrons. The van der Waals surface area contributed by atoms with Gasteiger partial charge in [-0.1, -0.05) is 22.9 Å². The van der Waals surface area contributed by atoms with Crippen molar-refractivity contribution in [2.75, 3.05) is 12.4 Å². The molecule has 2 unspecified atom stereocenters. The number of carbonyl (C=O) groups is 2. The highest BCUT2D eigenvalue weighted by molar-refractivity contribution is 9.09. The zero-order valence-corrected chi connectivity index (χ0v) is 9.55. The van der Waals surface area contributed by atoms with E-state index in [9.17, 15) is 9.59 Å². The molecule has 0 aliphatic heterocycles. The van der Waals surface area contributed by atoms with Crippen LogP contribution in [0.2, 0.25) is 0 Å². The van der Waals surface area contributed by atoms with E-state index in [0.29, 0.717) is 5.33 Å². The molecule has 0 aliphatic rings. The van der Waals surface area contributed by atoms with Crippen LogP contribution < -0.4 is 5.32 Å². The molecule has 4 nitrogen and oxygen atoms in total. The van der Waals surface area contributed by atoms with Crippen molar-refractivity contribution in [3.05, 3.63) is 0 Å². The molecule has 76 valence electrons. The van der Waals surface area contributed by atoms with E-state index in [1.54, 1.807) is 13.8 Å². The molecule has 0 spiro atoms. The number of rotatable bonds is 4. The summed E-state index contributed by atoms with van der Waals surface area (Å²) in [6.07, 6.45) is -0.512. The molecule has 1 amide bonds. The lowest BCUT2D eigenvalue weighted by molar-refractivity contribution is -0.120. The molecule has 0 aromatic heterocycles. The molecule has 1 N–H and O–H groups in total. The average Bonchev–Trinajstić information content (AvgIpc) is 2.14. The van der Waals surface area contributed by atoms with Gasteiger partial charge in [-0.25, -0.2) is 4.79 Å². The monoisotopic (exact) mass is 251 g/mol. The number of ether oxygens (including phenoxy) is 1. The van der Waals surface area contributed by atoms with Gasteiger partial charge in [0.15, 0.2) is 0 Å². The maximum Gasteiger partial charge on any atom is 0.407 e. The Balaban J connectivity index is 4.02. The highest BCUT2D eigenvalue weighted by atomic mass is 79.9. The van der Waals surface area contributed by atoms with Crippen molar-refractivity contribution < 1.29 is 14.3 Å². The van der Waals surface area contributed by atoms with Crippen molar-refractivity contribution in [2.24, 2.45) is 5.92 Å². The standard InChI is InChI=1S/C8H14BrNO3/c1-5(7(11)4-9)6(2)10-8(12)13-3/h5-6H,4H2,1-3H3,(H,10,12). The van der Waals surface area contributed by atoms with Gasteiger partial charge in [0, 0.05) is 12.0 Å². The van der Waals surface area contributed by atoms with Crippen molar-refractivity contribution in [3.63, 3.8) is 0 Å². The molecule has 5 heteroatoms. The molecule has 0 rings (SSSR count). The molecule has 13 heavy (non-hydrogen) atoms. The Morgan fingerprint density at radius 2 is 2.00 bits per heavy atom. The normalized spacial score (nSPS) is 14.5. The van der Waals surface area contributed by atoms with Crippen LogP contribution in [0.1, 0.15) is 13.8 Å². The van der Waals surface area contributed by atoms with Gasteiger partial charge in [-0.05, 0) is 6.92 Å². The van der Waals surface area contributed by atoms with Crippen LogP contribution in [-0.4, -0.2) is 30.4 Å². The van der Waals surface area contributed by atoms with Gasteiger partial charge in [0.2, 0.25) is 0 Å². The highest BCUT2D eigenvalue weighted by Gasteiger charge is 2.20. The Kier molecular flexibility index (Phi) is 5.70. The van der Waals surface area contributed by atoms with E-state index >= 15 is 0 Å². The van der Waals surface area contributed by atoms with Crippen LogP contribution in [-0.2, 0) is 9.53 Å². The maximum absolute atomic E-state index is 11.2. The molecular formula is C8H14BrNO3. The van der Waals surface area contributed by atoms with Crippen LogP contribution in [0.4, 0.5) is 4.79 Å². The Labute approximate surface area is 86.1 Å². The van der Waals surface area contributed by atoms with E-state index < -0.39 is 6.09 Å². The minimum Gasteiger partial charge on any atom is -0.453 e. The van der Waals surface area contributed by atoms with Crippen molar-refractivity contribution in [1.29, 1.82) is 0 Å². The fourth-order valence-corrected chi connectivity index (χ4v) is 1.28. The van der Waals surface area contributed by atoms with Crippen molar-refractivity contribution in [2.45, 2.75) is 19.9 Å². The summed E-state index contributed by atoms with van der Waals surface area (Å²) in [5.41, 5.74) is 0. The molecule has 0 saturated carbocycles. The first-order chi connectivity index (χ1) is 6.02. The zero-order chi connectivity index (χ0) is 10.4. The van der Waals surface area contributed by atoms with Crippen molar-refractivity contribution >= 4 is 27.8 Å². The molecule has 0 aromatic rings. The van der Waals surface area contributed by atoms with E-state index in [2.05, 4.69) is 26.0 Å². The minimum atomic E-state index is -0.512. The first-order valence-corrected chi connectivity index (χ1v) is 5.08. The van der Waals surface area contributed by atoms with Crippen molar-refractivity contribution in [1.82, 2.24) is 5.32 Å². The number of nitrogens with one attached hydrogen (secondary N) is 1. The Bertz CT molecular complexity index is 196. The van der Waals surface area contributed by atoms with E-state index in [-0.39, 0.29) is 17.7 Å². The number of Topliss-reactive ketones (excluding diaryl/α,β-unsaturated/α-hetero) is 1. The largest absolute Gasteiger partial charge is 0.453 e. The number of hydrogen-bond donors (Lipinski definition) is 1. The van der Waals surface area contributed by atoms with Crippen LogP contribution in [0, 0.1) is 5.92 Å². The van der Waals surface area contributed by atoms with Gasteiger partial charge in [-0.3, -0.25) is 4.79 Å². The van der Waals surface area contributed by atoms with Gasteiger partial charge in [-0.15, -0.1) is 0 Å². The fourth-order valence-electron chi connectivity index (χ4n) is 0.770. The second kappa shape index (κ2) is 5.96. The third-order valence-electron chi connectivity index (χ3n) is 1.92. The van der Waals surface area contributed by atoms with E-state index in [0.717, 1.165) is 0 Å². The number of ketones is 1. The molecule has 0 heterocycles. The lowest BCUT2D eigenvalue weighted by Gasteiger charge is -2.18. The quantitative estimate of drug-likeness (QED) is 0.768. The first-order valence-electron chi connectivity index (χ1n) is 3.96. The molecule has 0 aliphatic carbocycles. The molecule has 0 saturated heterocycles. The van der Waals surface area contributed by atoms with Crippen molar-refractivity contribution in [3.8, 4) is 0 Å². The SMILES string of the molecule is COC(=O)NC(C)C(C)C(=O)CBr. The summed E-state index contributed by atoms with van der Waals surface area (Å²) in [5, 5.41) is 2.85. The van der Waals surface area contributed by atoms with Crippen LogP contribution >= 0.6 is 15.9 Å².